The number of carbonyl (C=O) groups is 1. The van der Waals surface area contributed by atoms with E-state index in [1.807, 2.05) is 0 Å². The maximum Gasteiger partial charge on any atom is 0.220 e. The first-order valence-corrected chi connectivity index (χ1v) is 6.06. The lowest BCUT2D eigenvalue weighted by molar-refractivity contribution is -0.122. The minimum Gasteiger partial charge on any atom is -0.353 e. The Morgan fingerprint density at radius 2 is 2.00 bits per heavy atom. The largest absolute Gasteiger partial charge is 0.353 e. The number of terminal acetylenes is 1. The zero-order chi connectivity index (χ0) is 10.9. The quantitative estimate of drug-likeness (QED) is 0.545. The molecule has 0 heterocycles. The third-order valence-electron chi connectivity index (χ3n) is 2.95. The minimum atomic E-state index is 0.207. The molecule has 2 nitrogen and oxygen atoms in total. The van der Waals surface area contributed by atoms with Crippen LogP contribution in [0.3, 0.4) is 0 Å². The monoisotopic (exact) mass is 207 g/mol. The van der Waals surface area contributed by atoms with Crippen LogP contribution in [0.5, 0.6) is 0 Å². The van der Waals surface area contributed by atoms with Crippen LogP contribution in [0.15, 0.2) is 0 Å². The van der Waals surface area contributed by atoms with Gasteiger partial charge in [0.25, 0.3) is 0 Å². The molecular formula is C13H21NO. The predicted octanol–water partition coefficient (Wildman–Crippen LogP) is 2.63. The highest BCUT2D eigenvalue weighted by atomic mass is 16.1. The van der Waals surface area contributed by atoms with E-state index >= 15 is 0 Å². The van der Waals surface area contributed by atoms with Gasteiger partial charge in [-0.25, -0.2) is 0 Å². The van der Waals surface area contributed by atoms with Gasteiger partial charge in [0.05, 0.1) is 0 Å². The molecule has 2 heteroatoms. The van der Waals surface area contributed by atoms with Gasteiger partial charge in [0.15, 0.2) is 0 Å². The van der Waals surface area contributed by atoms with Crippen molar-refractivity contribution in [1.82, 2.24) is 5.32 Å². The van der Waals surface area contributed by atoms with Gasteiger partial charge >= 0.3 is 0 Å². The third kappa shape index (κ3) is 5.47. The molecule has 1 rings (SSSR count). The molecule has 1 amide bonds. The average Bonchev–Trinajstić information content (AvgIpc) is 2.26. The minimum absolute atomic E-state index is 0.207. The Balaban J connectivity index is 2.04. The lowest BCUT2D eigenvalue weighted by atomic mass is 9.95. The molecule has 0 spiro atoms. The zero-order valence-electron chi connectivity index (χ0n) is 9.43. The first-order valence-electron chi connectivity index (χ1n) is 6.06. The third-order valence-corrected chi connectivity index (χ3v) is 2.95. The molecule has 0 aromatic heterocycles. The van der Waals surface area contributed by atoms with E-state index in [0.717, 1.165) is 32.1 Å². The highest BCUT2D eigenvalue weighted by Crippen LogP contribution is 2.17. The number of hydrogen-bond acceptors (Lipinski definition) is 1. The second kappa shape index (κ2) is 7.34. The summed E-state index contributed by atoms with van der Waals surface area (Å²) in [5.74, 6) is 2.80. The van der Waals surface area contributed by atoms with Crippen molar-refractivity contribution in [1.29, 1.82) is 0 Å². The maximum absolute atomic E-state index is 11.5. The van der Waals surface area contributed by atoms with Gasteiger partial charge in [-0.2, -0.15) is 0 Å². The molecule has 1 aliphatic rings. The van der Waals surface area contributed by atoms with Crippen LogP contribution in [-0.2, 0) is 4.79 Å². The van der Waals surface area contributed by atoms with Crippen molar-refractivity contribution in [3.05, 3.63) is 0 Å². The molecule has 15 heavy (non-hydrogen) atoms. The van der Waals surface area contributed by atoms with Crippen LogP contribution in [0, 0.1) is 12.3 Å². The van der Waals surface area contributed by atoms with Crippen molar-refractivity contribution in [3.8, 4) is 12.3 Å². The summed E-state index contributed by atoms with van der Waals surface area (Å²) in [5, 5.41) is 3.11. The Labute approximate surface area is 92.8 Å². The molecule has 0 aliphatic heterocycles. The summed E-state index contributed by atoms with van der Waals surface area (Å²) >= 11 is 0. The molecule has 0 atom stereocenters. The van der Waals surface area contributed by atoms with Gasteiger partial charge in [-0.05, 0) is 25.7 Å². The Morgan fingerprint density at radius 3 is 2.67 bits per heavy atom. The van der Waals surface area contributed by atoms with Gasteiger partial charge < -0.3 is 5.32 Å². The molecule has 0 unspecified atom stereocenters. The van der Waals surface area contributed by atoms with Gasteiger partial charge in [0.2, 0.25) is 5.91 Å². The molecule has 0 radical (unpaired) electrons. The first kappa shape index (κ1) is 12.1. The van der Waals surface area contributed by atoms with Gasteiger partial charge in [0.1, 0.15) is 0 Å². The van der Waals surface area contributed by atoms with E-state index in [1.54, 1.807) is 0 Å². The number of unbranched alkanes of at least 4 members (excludes halogenated alkanes) is 2. The normalized spacial score (nSPS) is 17.0. The van der Waals surface area contributed by atoms with Crippen LogP contribution in [0.4, 0.5) is 0 Å². The standard InChI is InChI=1S/C13H21NO/c1-2-3-4-8-11-13(15)14-12-9-6-5-7-10-12/h1,12H,3-11H2,(H,14,15). The van der Waals surface area contributed by atoms with Crippen LogP contribution in [-0.4, -0.2) is 11.9 Å². The molecule has 1 saturated carbocycles. The van der Waals surface area contributed by atoms with Crippen molar-refractivity contribution < 1.29 is 4.79 Å². The number of rotatable bonds is 5. The molecule has 1 fully saturated rings. The van der Waals surface area contributed by atoms with Crippen LogP contribution in [0.25, 0.3) is 0 Å². The average molecular weight is 207 g/mol. The van der Waals surface area contributed by atoms with E-state index in [9.17, 15) is 4.79 Å². The SMILES string of the molecule is C#CCCCCC(=O)NC1CCCCC1. The molecule has 0 bridgehead atoms. The fourth-order valence-corrected chi connectivity index (χ4v) is 2.06. The van der Waals surface area contributed by atoms with E-state index in [0.29, 0.717) is 12.5 Å². The topological polar surface area (TPSA) is 29.1 Å². The number of carbonyl (C=O) groups excluding carboxylic acids is 1. The van der Waals surface area contributed by atoms with Crippen molar-refractivity contribution in [3.63, 3.8) is 0 Å². The Hall–Kier alpha value is -0.970. The summed E-state index contributed by atoms with van der Waals surface area (Å²) in [6.45, 7) is 0. The number of hydrogen-bond donors (Lipinski definition) is 1. The van der Waals surface area contributed by atoms with Gasteiger partial charge in [0, 0.05) is 18.9 Å². The Bertz CT molecular complexity index is 223. The van der Waals surface area contributed by atoms with E-state index in [-0.39, 0.29) is 5.91 Å². The predicted molar refractivity (Wildman–Crippen MR) is 62.3 cm³/mol. The van der Waals surface area contributed by atoms with Crippen molar-refractivity contribution in [2.24, 2.45) is 0 Å². The summed E-state index contributed by atoms with van der Waals surface area (Å²) in [5.41, 5.74) is 0. The molecular weight excluding hydrogens is 186 g/mol. The Morgan fingerprint density at radius 1 is 1.27 bits per heavy atom. The van der Waals surface area contributed by atoms with Crippen LogP contribution >= 0.6 is 0 Å². The molecule has 0 aromatic carbocycles. The zero-order valence-corrected chi connectivity index (χ0v) is 9.43. The van der Waals surface area contributed by atoms with Crippen molar-refractivity contribution >= 4 is 5.91 Å². The molecule has 1 aliphatic carbocycles. The van der Waals surface area contributed by atoms with E-state index < -0.39 is 0 Å². The van der Waals surface area contributed by atoms with Gasteiger partial charge in [-0.3, -0.25) is 4.79 Å². The first-order chi connectivity index (χ1) is 7.33. The fraction of sp³-hybridized carbons (Fsp3) is 0.769. The van der Waals surface area contributed by atoms with Crippen molar-refractivity contribution in [2.75, 3.05) is 0 Å². The summed E-state index contributed by atoms with van der Waals surface area (Å²) in [6, 6.07) is 0.443. The molecule has 0 aromatic rings. The number of amides is 1. The summed E-state index contributed by atoms with van der Waals surface area (Å²) < 4.78 is 0. The van der Waals surface area contributed by atoms with Gasteiger partial charge in [-0.15, -0.1) is 12.3 Å². The second-order valence-electron chi connectivity index (χ2n) is 4.31. The summed E-state index contributed by atoms with van der Waals surface area (Å²) in [7, 11) is 0. The maximum atomic E-state index is 11.5. The summed E-state index contributed by atoms with van der Waals surface area (Å²) in [4.78, 5) is 11.5. The smallest absolute Gasteiger partial charge is 0.220 e. The summed E-state index contributed by atoms with van der Waals surface area (Å²) in [6.07, 6.45) is 14.6. The molecule has 84 valence electrons. The van der Waals surface area contributed by atoms with E-state index in [1.165, 1.54) is 19.3 Å². The lowest BCUT2D eigenvalue weighted by Gasteiger charge is -2.22. The lowest BCUT2D eigenvalue weighted by Crippen LogP contribution is -2.35. The Kier molecular flexibility index (Phi) is 5.92. The highest BCUT2D eigenvalue weighted by molar-refractivity contribution is 5.76. The van der Waals surface area contributed by atoms with Gasteiger partial charge in [-0.1, -0.05) is 19.3 Å². The van der Waals surface area contributed by atoms with Crippen LogP contribution in [0.2, 0.25) is 0 Å². The molecule has 1 N–H and O–H groups in total. The highest BCUT2D eigenvalue weighted by Gasteiger charge is 2.14. The fourth-order valence-electron chi connectivity index (χ4n) is 2.06. The molecule has 0 saturated heterocycles. The number of nitrogens with one attached hydrogen (secondary N) is 1. The second-order valence-corrected chi connectivity index (χ2v) is 4.31. The van der Waals surface area contributed by atoms with Crippen LogP contribution in [0.1, 0.15) is 57.8 Å². The van der Waals surface area contributed by atoms with E-state index in [4.69, 9.17) is 6.42 Å². The van der Waals surface area contributed by atoms with Crippen molar-refractivity contribution in [2.45, 2.75) is 63.8 Å². The van der Waals surface area contributed by atoms with E-state index in [2.05, 4.69) is 11.2 Å². The van der Waals surface area contributed by atoms with Crippen LogP contribution < -0.4 is 5.32 Å².